The van der Waals surface area contributed by atoms with Crippen LogP contribution in [0.4, 0.5) is 11.4 Å². The summed E-state index contributed by atoms with van der Waals surface area (Å²) in [4.78, 5) is 23.4. The number of hydrogen-bond donors (Lipinski definition) is 1. The van der Waals surface area contributed by atoms with E-state index in [2.05, 4.69) is 5.32 Å². The summed E-state index contributed by atoms with van der Waals surface area (Å²) in [6.45, 7) is 0. The van der Waals surface area contributed by atoms with Crippen LogP contribution < -0.4 is 14.8 Å². The first-order chi connectivity index (χ1) is 12.4. The summed E-state index contributed by atoms with van der Waals surface area (Å²) < 4.78 is 11.0. The minimum absolute atomic E-state index is 0.0585. The van der Waals surface area contributed by atoms with Crippen LogP contribution in [0.1, 0.15) is 9.67 Å². The molecular formula is C17H13ClN2O5S. The Morgan fingerprint density at radius 3 is 2.62 bits per heavy atom. The number of nitrogens with one attached hydrogen (secondary N) is 1. The smallest absolute Gasteiger partial charge is 0.270 e. The molecule has 0 saturated carbocycles. The Hall–Kier alpha value is -2.84. The fourth-order valence-corrected chi connectivity index (χ4v) is 3.85. The summed E-state index contributed by atoms with van der Waals surface area (Å²) >= 11 is 7.39. The summed E-state index contributed by atoms with van der Waals surface area (Å²) in [5.74, 6) is 0.580. The van der Waals surface area contributed by atoms with Crippen LogP contribution in [-0.2, 0) is 0 Å². The van der Waals surface area contributed by atoms with Crippen LogP contribution in [0.3, 0.4) is 0 Å². The fraction of sp³-hybridized carbons (Fsp3) is 0.118. The van der Waals surface area contributed by atoms with Crippen molar-refractivity contribution in [2.24, 2.45) is 0 Å². The van der Waals surface area contributed by atoms with Crippen molar-refractivity contribution in [1.82, 2.24) is 0 Å². The van der Waals surface area contributed by atoms with Gasteiger partial charge in [0.25, 0.3) is 11.6 Å². The molecule has 26 heavy (non-hydrogen) atoms. The van der Waals surface area contributed by atoms with E-state index in [9.17, 15) is 14.9 Å². The van der Waals surface area contributed by atoms with Gasteiger partial charge in [-0.25, -0.2) is 0 Å². The number of methoxy groups -OCH3 is 2. The average Bonchev–Trinajstić information content (AvgIpc) is 2.97. The number of nitro groups is 1. The lowest BCUT2D eigenvalue weighted by atomic mass is 10.2. The molecule has 0 saturated heterocycles. The highest BCUT2D eigenvalue weighted by Crippen LogP contribution is 2.38. The number of thiophene rings is 1. The topological polar surface area (TPSA) is 90.7 Å². The van der Waals surface area contributed by atoms with Gasteiger partial charge in [-0.15, -0.1) is 11.3 Å². The Labute approximate surface area is 157 Å². The number of non-ortho nitro benzene ring substituents is 1. The number of carbonyl (C=O) groups excluding carboxylic acids is 1. The third kappa shape index (κ3) is 3.29. The summed E-state index contributed by atoms with van der Waals surface area (Å²) in [5.41, 5.74) is 0.369. The molecular weight excluding hydrogens is 380 g/mol. The van der Waals surface area contributed by atoms with Crippen molar-refractivity contribution in [3.05, 3.63) is 56.4 Å². The summed E-state index contributed by atoms with van der Waals surface area (Å²) in [6, 6.07) is 9.30. The van der Waals surface area contributed by atoms with Crippen LogP contribution in [-0.4, -0.2) is 25.1 Å². The molecule has 1 N–H and O–H groups in total. The molecule has 7 nitrogen and oxygen atoms in total. The fourth-order valence-electron chi connectivity index (χ4n) is 2.40. The number of fused-ring (bicyclic) bond motifs is 1. The lowest BCUT2D eigenvalue weighted by molar-refractivity contribution is -0.384. The monoisotopic (exact) mass is 392 g/mol. The van der Waals surface area contributed by atoms with Gasteiger partial charge in [-0.1, -0.05) is 11.6 Å². The molecule has 134 valence electrons. The van der Waals surface area contributed by atoms with Crippen molar-refractivity contribution >= 4 is 50.3 Å². The van der Waals surface area contributed by atoms with Gasteiger partial charge in [0.2, 0.25) is 0 Å². The second-order valence-corrected chi connectivity index (χ2v) is 6.63. The van der Waals surface area contributed by atoms with Gasteiger partial charge in [0.15, 0.2) is 0 Å². The molecule has 0 unspecified atom stereocenters. The van der Waals surface area contributed by atoms with Crippen molar-refractivity contribution < 1.29 is 19.2 Å². The predicted molar refractivity (Wildman–Crippen MR) is 101 cm³/mol. The number of amides is 1. The van der Waals surface area contributed by atoms with Gasteiger partial charge in [0.1, 0.15) is 16.4 Å². The first kappa shape index (κ1) is 18.0. The number of ether oxygens (including phenoxy) is 2. The molecule has 1 heterocycles. The van der Waals surface area contributed by atoms with Crippen molar-refractivity contribution in [1.29, 1.82) is 0 Å². The predicted octanol–water partition coefficient (Wildman–Crippen LogP) is 4.73. The number of nitrogens with zero attached hydrogens (tertiary/aromatic N) is 1. The van der Waals surface area contributed by atoms with Crippen molar-refractivity contribution in [3.8, 4) is 11.5 Å². The van der Waals surface area contributed by atoms with E-state index in [1.807, 2.05) is 0 Å². The largest absolute Gasteiger partial charge is 0.497 e. The number of carbonyl (C=O) groups is 1. The zero-order chi connectivity index (χ0) is 18.8. The molecule has 3 rings (SSSR count). The third-order valence-electron chi connectivity index (χ3n) is 3.68. The molecule has 0 aliphatic carbocycles. The lowest BCUT2D eigenvalue weighted by Crippen LogP contribution is -2.11. The molecule has 3 aromatic rings. The number of halogens is 1. The average molecular weight is 393 g/mol. The Balaban J connectivity index is 1.98. The summed E-state index contributed by atoms with van der Waals surface area (Å²) in [7, 11) is 3.01. The molecule has 0 fully saturated rings. The molecule has 0 aliphatic heterocycles. The van der Waals surface area contributed by atoms with Gasteiger partial charge in [-0.2, -0.15) is 0 Å². The Kier molecular flexibility index (Phi) is 4.97. The van der Waals surface area contributed by atoms with E-state index < -0.39 is 10.8 Å². The van der Waals surface area contributed by atoms with Crippen LogP contribution in [0.2, 0.25) is 5.02 Å². The molecule has 0 aliphatic rings. The van der Waals surface area contributed by atoms with E-state index in [0.717, 1.165) is 11.3 Å². The van der Waals surface area contributed by atoms with E-state index in [1.54, 1.807) is 18.2 Å². The molecule has 0 atom stereocenters. The molecule has 1 aromatic heterocycles. The van der Waals surface area contributed by atoms with Crippen LogP contribution in [0.5, 0.6) is 11.5 Å². The minimum Gasteiger partial charge on any atom is -0.497 e. The second kappa shape index (κ2) is 7.19. The highest BCUT2D eigenvalue weighted by Gasteiger charge is 2.20. The molecule has 9 heteroatoms. The molecule has 0 spiro atoms. The van der Waals surface area contributed by atoms with Crippen molar-refractivity contribution in [3.63, 3.8) is 0 Å². The van der Waals surface area contributed by atoms with Crippen LogP contribution in [0.25, 0.3) is 10.1 Å². The lowest BCUT2D eigenvalue weighted by Gasteiger charge is -2.11. The number of benzene rings is 2. The summed E-state index contributed by atoms with van der Waals surface area (Å²) in [5, 5.41) is 14.5. The van der Waals surface area contributed by atoms with E-state index in [-0.39, 0.29) is 15.6 Å². The minimum atomic E-state index is -0.492. The van der Waals surface area contributed by atoms with E-state index in [0.29, 0.717) is 27.3 Å². The Morgan fingerprint density at radius 2 is 1.96 bits per heavy atom. The van der Waals surface area contributed by atoms with E-state index in [4.69, 9.17) is 21.1 Å². The highest BCUT2D eigenvalue weighted by atomic mass is 35.5. The Morgan fingerprint density at radius 1 is 1.19 bits per heavy atom. The Bertz CT molecular complexity index is 1020. The van der Waals surface area contributed by atoms with E-state index in [1.165, 1.54) is 32.4 Å². The quantitative estimate of drug-likeness (QED) is 0.500. The van der Waals surface area contributed by atoms with Gasteiger partial charge < -0.3 is 14.8 Å². The van der Waals surface area contributed by atoms with Gasteiger partial charge in [-0.3, -0.25) is 14.9 Å². The van der Waals surface area contributed by atoms with Gasteiger partial charge in [-0.05, 0) is 18.2 Å². The first-order valence-corrected chi connectivity index (χ1v) is 8.54. The maximum atomic E-state index is 12.7. The third-order valence-corrected chi connectivity index (χ3v) is 5.34. The number of hydrogen-bond acceptors (Lipinski definition) is 6. The van der Waals surface area contributed by atoms with Crippen LogP contribution in [0.15, 0.2) is 36.4 Å². The van der Waals surface area contributed by atoms with E-state index >= 15 is 0 Å². The van der Waals surface area contributed by atoms with Gasteiger partial charge >= 0.3 is 0 Å². The van der Waals surface area contributed by atoms with Crippen molar-refractivity contribution in [2.75, 3.05) is 19.5 Å². The van der Waals surface area contributed by atoms with Gasteiger partial charge in [0, 0.05) is 28.3 Å². The summed E-state index contributed by atoms with van der Waals surface area (Å²) in [6.07, 6.45) is 0. The standard InChI is InChI=1S/C17H13ClN2O5S/c1-24-10-4-6-13(25-2)12(8-10)19-17(21)16-15(18)11-5-3-9(20(22)23)7-14(11)26-16/h3-8H,1-2H3,(H,19,21). The van der Waals surface area contributed by atoms with Gasteiger partial charge in [0.05, 0.1) is 29.9 Å². The number of rotatable bonds is 5. The van der Waals surface area contributed by atoms with Crippen LogP contribution >= 0.6 is 22.9 Å². The zero-order valence-electron chi connectivity index (χ0n) is 13.7. The highest BCUT2D eigenvalue weighted by molar-refractivity contribution is 7.21. The molecule has 2 aromatic carbocycles. The second-order valence-electron chi connectivity index (χ2n) is 5.20. The van der Waals surface area contributed by atoms with Crippen molar-refractivity contribution in [2.45, 2.75) is 0 Å². The first-order valence-electron chi connectivity index (χ1n) is 7.34. The zero-order valence-corrected chi connectivity index (χ0v) is 15.3. The number of nitro benzene ring substituents is 1. The molecule has 0 bridgehead atoms. The normalized spacial score (nSPS) is 10.6. The van der Waals surface area contributed by atoms with Crippen LogP contribution in [0, 0.1) is 10.1 Å². The number of anilines is 1. The maximum Gasteiger partial charge on any atom is 0.270 e. The SMILES string of the molecule is COc1ccc(OC)c(NC(=O)c2sc3cc([N+](=O)[O-])ccc3c2Cl)c1. The maximum absolute atomic E-state index is 12.7. The molecule has 1 amide bonds. The molecule has 0 radical (unpaired) electrons.